The average Bonchev–Trinajstić information content (AvgIpc) is 2.47. The van der Waals surface area contributed by atoms with Crippen LogP contribution in [0.2, 0.25) is 0 Å². The van der Waals surface area contributed by atoms with Gasteiger partial charge in [-0.2, -0.15) is 5.26 Å². The predicted molar refractivity (Wildman–Crippen MR) is 80.1 cm³/mol. The zero-order valence-electron chi connectivity index (χ0n) is 12.5. The molecule has 0 spiro atoms. The summed E-state index contributed by atoms with van der Waals surface area (Å²) in [5.74, 6) is 0.440. The standard InChI is InChI=1S/C15H16N4O3/c1-8-13(9(2)20)14(19-15(18-8)17-7-16)10-4-5-11(21)12(6-10)22-3/h4-6,14,21H,1-3H3,(H2,17,18,19)/t14-/m1/s1. The Morgan fingerprint density at radius 2 is 2.27 bits per heavy atom. The molecule has 1 aliphatic rings. The Balaban J connectivity index is 2.54. The second-order valence-electron chi connectivity index (χ2n) is 4.77. The van der Waals surface area contributed by atoms with E-state index in [2.05, 4.69) is 15.6 Å². The number of Topliss-reactive ketones (excluding diaryl/α,β-unsaturated/α-hetero) is 1. The molecule has 1 heterocycles. The van der Waals surface area contributed by atoms with Crippen molar-refractivity contribution < 1.29 is 14.6 Å². The van der Waals surface area contributed by atoms with E-state index in [1.807, 2.05) is 0 Å². The van der Waals surface area contributed by atoms with Crippen LogP contribution in [0, 0.1) is 11.5 Å². The highest BCUT2D eigenvalue weighted by molar-refractivity contribution is 5.98. The number of nitrogens with zero attached hydrogens (tertiary/aromatic N) is 2. The Morgan fingerprint density at radius 1 is 1.55 bits per heavy atom. The third kappa shape index (κ3) is 2.86. The monoisotopic (exact) mass is 300 g/mol. The Hall–Kier alpha value is -3.01. The summed E-state index contributed by atoms with van der Waals surface area (Å²) in [6.07, 6.45) is 1.79. The van der Waals surface area contributed by atoms with Crippen LogP contribution in [0.4, 0.5) is 0 Å². The van der Waals surface area contributed by atoms with Gasteiger partial charge in [0, 0.05) is 11.3 Å². The first kappa shape index (κ1) is 15.4. The van der Waals surface area contributed by atoms with Crippen molar-refractivity contribution in [3.05, 3.63) is 35.0 Å². The number of allylic oxidation sites excluding steroid dienone is 1. The summed E-state index contributed by atoms with van der Waals surface area (Å²) in [5, 5.41) is 23.7. The van der Waals surface area contributed by atoms with Crippen molar-refractivity contribution in [2.24, 2.45) is 4.99 Å². The van der Waals surface area contributed by atoms with Crippen molar-refractivity contribution in [2.75, 3.05) is 7.11 Å². The lowest BCUT2D eigenvalue weighted by Crippen LogP contribution is -2.38. The van der Waals surface area contributed by atoms with E-state index in [0.717, 1.165) is 0 Å². The molecule has 0 aliphatic carbocycles. The van der Waals surface area contributed by atoms with Crippen molar-refractivity contribution in [1.29, 1.82) is 5.26 Å². The number of nitriles is 1. The smallest absolute Gasteiger partial charge is 0.209 e. The molecule has 1 aromatic carbocycles. The third-order valence-electron chi connectivity index (χ3n) is 3.31. The summed E-state index contributed by atoms with van der Waals surface area (Å²) in [6.45, 7) is 3.21. The molecule has 0 bridgehead atoms. The van der Waals surface area contributed by atoms with Gasteiger partial charge >= 0.3 is 0 Å². The topological polar surface area (TPSA) is 107 Å². The minimum atomic E-state index is -0.580. The highest BCUT2D eigenvalue weighted by atomic mass is 16.5. The molecule has 0 fully saturated rings. The number of rotatable bonds is 3. The van der Waals surface area contributed by atoms with Crippen LogP contribution in [0.15, 0.2) is 34.5 Å². The zero-order chi connectivity index (χ0) is 16.3. The largest absolute Gasteiger partial charge is 0.504 e. The molecule has 0 saturated carbocycles. The van der Waals surface area contributed by atoms with E-state index < -0.39 is 6.04 Å². The van der Waals surface area contributed by atoms with Crippen molar-refractivity contribution in [3.63, 3.8) is 0 Å². The quantitative estimate of drug-likeness (QED) is 0.574. The number of carbonyl (C=O) groups is 1. The average molecular weight is 300 g/mol. The second-order valence-corrected chi connectivity index (χ2v) is 4.77. The van der Waals surface area contributed by atoms with Gasteiger partial charge in [0.2, 0.25) is 5.96 Å². The van der Waals surface area contributed by atoms with E-state index in [-0.39, 0.29) is 17.5 Å². The lowest BCUT2D eigenvalue weighted by molar-refractivity contribution is -0.114. The molecule has 7 heteroatoms. The number of phenolic OH excluding ortho intramolecular Hbond substituents is 1. The van der Waals surface area contributed by atoms with Crippen LogP contribution in [-0.2, 0) is 4.79 Å². The van der Waals surface area contributed by atoms with Crippen molar-refractivity contribution in [2.45, 2.75) is 19.9 Å². The van der Waals surface area contributed by atoms with Crippen LogP contribution >= 0.6 is 0 Å². The Morgan fingerprint density at radius 3 is 2.86 bits per heavy atom. The van der Waals surface area contributed by atoms with E-state index in [1.165, 1.54) is 20.1 Å². The molecule has 0 radical (unpaired) electrons. The number of phenols is 1. The van der Waals surface area contributed by atoms with E-state index in [9.17, 15) is 9.90 Å². The fourth-order valence-electron chi connectivity index (χ4n) is 2.35. The van der Waals surface area contributed by atoms with Gasteiger partial charge in [0.15, 0.2) is 23.5 Å². The van der Waals surface area contributed by atoms with Gasteiger partial charge in [-0.25, -0.2) is 4.99 Å². The molecule has 114 valence electrons. The molecule has 0 saturated heterocycles. The van der Waals surface area contributed by atoms with Gasteiger partial charge in [-0.05, 0) is 31.5 Å². The molecular formula is C15H16N4O3. The fraction of sp³-hybridized carbons (Fsp3) is 0.267. The molecule has 0 amide bonds. The molecule has 2 rings (SSSR count). The normalized spacial score (nSPS) is 17.2. The molecule has 0 aromatic heterocycles. The van der Waals surface area contributed by atoms with E-state index in [0.29, 0.717) is 22.6 Å². The lowest BCUT2D eigenvalue weighted by Gasteiger charge is -2.25. The minimum absolute atomic E-state index is 0.00427. The number of aromatic hydroxyl groups is 1. The second kappa shape index (κ2) is 6.18. The number of ketones is 1. The number of hydrogen-bond donors (Lipinski definition) is 3. The SMILES string of the molecule is COc1cc([C@H]2N=C(NC#N)NC(C)=C2C(C)=O)ccc1O. The lowest BCUT2D eigenvalue weighted by atomic mass is 9.93. The Labute approximate surface area is 127 Å². The highest BCUT2D eigenvalue weighted by Crippen LogP contribution is 2.35. The van der Waals surface area contributed by atoms with Gasteiger partial charge in [-0.1, -0.05) is 6.07 Å². The number of methoxy groups -OCH3 is 1. The van der Waals surface area contributed by atoms with Crippen LogP contribution < -0.4 is 15.4 Å². The van der Waals surface area contributed by atoms with Gasteiger partial charge in [0.1, 0.15) is 6.04 Å². The molecule has 3 N–H and O–H groups in total. The maximum absolute atomic E-state index is 11.9. The number of hydrogen-bond acceptors (Lipinski definition) is 7. The first-order valence-electron chi connectivity index (χ1n) is 6.56. The molecular weight excluding hydrogens is 284 g/mol. The molecule has 1 aliphatic heterocycles. The van der Waals surface area contributed by atoms with Crippen LogP contribution in [0.25, 0.3) is 0 Å². The first-order chi connectivity index (χ1) is 10.5. The van der Waals surface area contributed by atoms with Crippen LogP contribution in [0.1, 0.15) is 25.5 Å². The molecule has 0 unspecified atom stereocenters. The molecule has 1 aromatic rings. The number of nitrogens with one attached hydrogen (secondary N) is 2. The van der Waals surface area contributed by atoms with E-state index in [4.69, 9.17) is 10.00 Å². The van der Waals surface area contributed by atoms with E-state index >= 15 is 0 Å². The van der Waals surface area contributed by atoms with Crippen LogP contribution in [0.5, 0.6) is 11.5 Å². The van der Waals surface area contributed by atoms with Gasteiger partial charge in [-0.3, -0.25) is 10.1 Å². The highest BCUT2D eigenvalue weighted by Gasteiger charge is 2.27. The van der Waals surface area contributed by atoms with Crippen molar-refractivity contribution in [1.82, 2.24) is 10.6 Å². The summed E-state index contributed by atoms with van der Waals surface area (Å²) >= 11 is 0. The Kier molecular flexibility index (Phi) is 4.32. The fourth-order valence-corrected chi connectivity index (χ4v) is 2.35. The zero-order valence-corrected chi connectivity index (χ0v) is 12.5. The molecule has 1 atom stereocenters. The van der Waals surface area contributed by atoms with Gasteiger partial charge < -0.3 is 15.2 Å². The predicted octanol–water partition coefficient (Wildman–Crippen LogP) is 1.33. The Bertz CT molecular complexity index is 716. The summed E-state index contributed by atoms with van der Waals surface area (Å²) in [7, 11) is 1.44. The summed E-state index contributed by atoms with van der Waals surface area (Å²) in [4.78, 5) is 16.3. The minimum Gasteiger partial charge on any atom is -0.504 e. The third-order valence-corrected chi connectivity index (χ3v) is 3.31. The summed E-state index contributed by atoms with van der Waals surface area (Å²) in [6, 6.07) is 4.19. The van der Waals surface area contributed by atoms with Gasteiger partial charge in [-0.15, -0.1) is 0 Å². The van der Waals surface area contributed by atoms with Gasteiger partial charge in [0.05, 0.1) is 7.11 Å². The number of carbonyl (C=O) groups excluding carboxylic acids is 1. The van der Waals surface area contributed by atoms with Crippen LogP contribution in [-0.4, -0.2) is 24.0 Å². The molecule has 22 heavy (non-hydrogen) atoms. The van der Waals surface area contributed by atoms with Crippen molar-refractivity contribution in [3.8, 4) is 17.7 Å². The van der Waals surface area contributed by atoms with Gasteiger partial charge in [0.25, 0.3) is 0 Å². The van der Waals surface area contributed by atoms with Crippen LogP contribution in [0.3, 0.4) is 0 Å². The maximum atomic E-state index is 11.9. The molecule has 7 nitrogen and oxygen atoms in total. The number of ether oxygens (including phenoxy) is 1. The van der Waals surface area contributed by atoms with Crippen molar-refractivity contribution >= 4 is 11.7 Å². The van der Waals surface area contributed by atoms with E-state index in [1.54, 1.807) is 25.2 Å². The summed E-state index contributed by atoms with van der Waals surface area (Å²) < 4.78 is 5.09. The maximum Gasteiger partial charge on any atom is 0.209 e. The number of benzene rings is 1. The first-order valence-corrected chi connectivity index (χ1v) is 6.56. The number of aliphatic imine (C=N–C) groups is 1. The summed E-state index contributed by atoms with van der Waals surface area (Å²) in [5.41, 5.74) is 1.80. The number of guanidine groups is 1.